The van der Waals surface area contributed by atoms with Gasteiger partial charge in [0, 0.05) is 38.7 Å². The highest BCUT2D eigenvalue weighted by molar-refractivity contribution is 5.86. The molecule has 1 fully saturated rings. The quantitative estimate of drug-likeness (QED) is 0.169. The lowest BCUT2D eigenvalue weighted by molar-refractivity contribution is -0.279. The van der Waals surface area contributed by atoms with Gasteiger partial charge in [-0.1, -0.05) is 31.6 Å². The van der Waals surface area contributed by atoms with Gasteiger partial charge in [0.15, 0.2) is 18.5 Å². The zero-order valence-corrected chi connectivity index (χ0v) is 29.1. The average molecular weight is 685 g/mol. The molecule has 2 bridgehead atoms. The molecule has 1 saturated heterocycles. The van der Waals surface area contributed by atoms with Crippen LogP contribution in [0.2, 0.25) is 0 Å². The monoisotopic (exact) mass is 684 g/mol. The molecule has 3 aliphatic heterocycles. The molecule has 0 aromatic carbocycles. The van der Waals surface area contributed by atoms with Gasteiger partial charge in [-0.25, -0.2) is 9.78 Å². The molecule has 4 heterocycles. The lowest BCUT2D eigenvalue weighted by atomic mass is 9.65. The maximum absolute atomic E-state index is 13.2. The third-order valence-corrected chi connectivity index (χ3v) is 9.87. The molecule has 49 heavy (non-hydrogen) atoms. The molecular weight excluding hydrogens is 636 g/mol. The van der Waals surface area contributed by atoms with Gasteiger partial charge in [-0.3, -0.25) is 9.59 Å². The Morgan fingerprint density at radius 1 is 1.14 bits per heavy atom. The molecule has 2 N–H and O–H groups in total. The second-order valence-electron chi connectivity index (χ2n) is 14.0. The minimum atomic E-state index is -1.95. The Balaban J connectivity index is 1.47. The van der Waals surface area contributed by atoms with E-state index in [1.807, 2.05) is 13.1 Å². The second-order valence-corrected chi connectivity index (χ2v) is 14.0. The lowest BCUT2D eigenvalue weighted by Crippen LogP contribution is -2.57. The van der Waals surface area contributed by atoms with E-state index in [4.69, 9.17) is 28.4 Å². The van der Waals surface area contributed by atoms with Gasteiger partial charge >= 0.3 is 17.9 Å². The van der Waals surface area contributed by atoms with Crippen LogP contribution in [0, 0.1) is 23.7 Å². The van der Waals surface area contributed by atoms with Crippen LogP contribution in [0.15, 0.2) is 54.1 Å². The van der Waals surface area contributed by atoms with Crippen molar-refractivity contribution in [3.63, 3.8) is 0 Å². The van der Waals surface area contributed by atoms with Gasteiger partial charge in [-0.15, -0.1) is 0 Å². The summed E-state index contributed by atoms with van der Waals surface area (Å²) >= 11 is 0. The van der Waals surface area contributed by atoms with Gasteiger partial charge in [0.1, 0.15) is 17.8 Å². The number of esters is 3. The standard InChI is InChI=1S/C36H48N2O11/c1-20(2)26-10-8-21(3)27-15-30(48-31(42)11-9-25-16-38(7)19-37-25)35(6)12-13-36(43,49-35)24(14-28(26)27)17-44-34-33(47-23(5)40)32(46-22(4)39)29(41)18-45-34/h8-9,11-14,16,19-20,26-30,32-34,41,43H,10,15,17-18H2,1-7H3. The fraction of sp³-hybridized carbons (Fsp3) is 0.611. The van der Waals surface area contributed by atoms with E-state index in [1.165, 1.54) is 26.0 Å². The summed E-state index contributed by atoms with van der Waals surface area (Å²) < 4.78 is 37.0. The first kappa shape index (κ1) is 36.7. The molecule has 13 heteroatoms. The number of fused-ring (bicyclic) bond motifs is 3. The molecule has 10 unspecified atom stereocenters. The van der Waals surface area contributed by atoms with Crippen LogP contribution in [0.1, 0.15) is 60.1 Å². The third kappa shape index (κ3) is 8.24. The van der Waals surface area contributed by atoms with E-state index in [0.717, 1.165) is 12.0 Å². The fourth-order valence-corrected chi connectivity index (χ4v) is 7.27. The second kappa shape index (κ2) is 14.7. The van der Waals surface area contributed by atoms with Crippen LogP contribution in [-0.2, 0) is 49.9 Å². The number of hydrogen-bond acceptors (Lipinski definition) is 12. The fourth-order valence-electron chi connectivity index (χ4n) is 7.27. The summed E-state index contributed by atoms with van der Waals surface area (Å²) in [5.74, 6) is -3.57. The summed E-state index contributed by atoms with van der Waals surface area (Å²) in [5, 5.41) is 22.7. The lowest BCUT2D eigenvalue weighted by Gasteiger charge is -2.41. The summed E-state index contributed by atoms with van der Waals surface area (Å²) in [4.78, 5) is 41.3. The maximum atomic E-state index is 13.2. The molecule has 0 radical (unpaired) electrons. The number of aryl methyl sites for hydroxylation is 1. The number of ether oxygens (including phenoxy) is 6. The van der Waals surface area contributed by atoms with E-state index in [-0.39, 0.29) is 36.9 Å². The van der Waals surface area contributed by atoms with Gasteiger partial charge < -0.3 is 43.2 Å². The topological polar surface area (TPSA) is 165 Å². The number of allylic oxidation sites excluding steroid dienone is 3. The average Bonchev–Trinajstić information content (AvgIpc) is 3.59. The van der Waals surface area contributed by atoms with E-state index in [1.54, 1.807) is 36.2 Å². The SMILES string of the molecule is CC(=O)OC1C(O)COC(OCC2=CC3C(CC(OC(=O)C=Cc4cn(C)cn4)C4(C)C=CC2(O)O4)C(C)=CCC3C(C)C)C1OC(C)=O. The number of aliphatic hydroxyl groups is 2. The van der Waals surface area contributed by atoms with Crippen molar-refractivity contribution in [2.24, 2.45) is 30.7 Å². The Bertz CT molecular complexity index is 1530. The van der Waals surface area contributed by atoms with Crippen molar-refractivity contribution in [2.45, 2.75) is 96.5 Å². The number of carbonyl (C=O) groups excluding carboxylic acids is 3. The summed E-state index contributed by atoms with van der Waals surface area (Å²) in [6, 6.07) is 0. The van der Waals surface area contributed by atoms with Crippen LogP contribution in [-0.4, -0.2) is 93.0 Å². The minimum Gasteiger partial charge on any atom is -0.456 e. The number of carbonyl (C=O) groups is 3. The van der Waals surface area contributed by atoms with Crippen LogP contribution < -0.4 is 0 Å². The molecule has 10 atom stereocenters. The number of aromatic nitrogens is 2. The third-order valence-electron chi connectivity index (χ3n) is 9.87. The van der Waals surface area contributed by atoms with E-state index in [0.29, 0.717) is 17.7 Å². The molecule has 0 spiro atoms. The Hall–Kier alpha value is -3.62. The van der Waals surface area contributed by atoms with Crippen molar-refractivity contribution in [3.8, 4) is 0 Å². The molecule has 0 saturated carbocycles. The van der Waals surface area contributed by atoms with Crippen LogP contribution in [0.25, 0.3) is 6.08 Å². The number of imidazole rings is 1. The Morgan fingerprint density at radius 3 is 2.51 bits per heavy atom. The largest absolute Gasteiger partial charge is 0.456 e. The summed E-state index contributed by atoms with van der Waals surface area (Å²) in [5.41, 5.74) is 0.918. The number of aliphatic hydroxyl groups excluding tert-OH is 1. The van der Waals surface area contributed by atoms with Gasteiger partial charge in [0.25, 0.3) is 0 Å². The zero-order chi connectivity index (χ0) is 35.7. The highest BCUT2D eigenvalue weighted by Crippen LogP contribution is 2.49. The molecule has 1 aromatic rings. The van der Waals surface area contributed by atoms with Gasteiger partial charge in [-0.2, -0.15) is 0 Å². The normalized spacial score (nSPS) is 35.9. The van der Waals surface area contributed by atoms with Crippen molar-refractivity contribution in [2.75, 3.05) is 13.2 Å². The minimum absolute atomic E-state index is 0.0614. The van der Waals surface area contributed by atoms with E-state index < -0.39 is 60.0 Å². The Morgan fingerprint density at radius 2 is 1.86 bits per heavy atom. The molecule has 0 amide bonds. The van der Waals surface area contributed by atoms with Crippen molar-refractivity contribution in [1.82, 2.24) is 9.55 Å². The van der Waals surface area contributed by atoms with Crippen LogP contribution in [0.4, 0.5) is 0 Å². The predicted molar refractivity (Wildman–Crippen MR) is 175 cm³/mol. The zero-order valence-electron chi connectivity index (χ0n) is 29.1. The van der Waals surface area contributed by atoms with E-state index >= 15 is 0 Å². The first-order valence-corrected chi connectivity index (χ1v) is 16.7. The van der Waals surface area contributed by atoms with Gasteiger partial charge in [0.2, 0.25) is 5.79 Å². The molecule has 13 nitrogen and oxygen atoms in total. The van der Waals surface area contributed by atoms with Gasteiger partial charge in [-0.05, 0) is 68.6 Å². The van der Waals surface area contributed by atoms with Crippen LogP contribution >= 0.6 is 0 Å². The first-order chi connectivity index (χ1) is 23.1. The van der Waals surface area contributed by atoms with E-state index in [2.05, 4.69) is 31.8 Å². The van der Waals surface area contributed by atoms with Crippen LogP contribution in [0.5, 0.6) is 0 Å². The first-order valence-electron chi connectivity index (χ1n) is 16.7. The number of nitrogens with zero attached hydrogens (tertiary/aromatic N) is 2. The highest BCUT2D eigenvalue weighted by Gasteiger charge is 2.53. The Kier molecular flexibility index (Phi) is 11.0. The smallest absolute Gasteiger partial charge is 0.331 e. The Labute approximate surface area is 286 Å². The van der Waals surface area contributed by atoms with Gasteiger partial charge in [0.05, 0.1) is 25.2 Å². The predicted octanol–water partition coefficient (Wildman–Crippen LogP) is 3.16. The molecule has 4 aliphatic rings. The highest BCUT2D eigenvalue weighted by atomic mass is 16.7. The molecule has 5 rings (SSSR count). The number of hydrogen-bond donors (Lipinski definition) is 2. The van der Waals surface area contributed by atoms with Crippen molar-refractivity contribution in [1.29, 1.82) is 0 Å². The van der Waals surface area contributed by atoms with Crippen molar-refractivity contribution in [3.05, 3.63) is 59.7 Å². The molecular formula is C36H48N2O11. The summed E-state index contributed by atoms with van der Waals surface area (Å²) in [7, 11) is 1.84. The van der Waals surface area contributed by atoms with Crippen LogP contribution in [0.3, 0.4) is 0 Å². The van der Waals surface area contributed by atoms with E-state index in [9.17, 15) is 24.6 Å². The van der Waals surface area contributed by atoms with Crippen molar-refractivity contribution >= 4 is 24.0 Å². The molecule has 268 valence electrons. The molecule has 1 aliphatic carbocycles. The summed E-state index contributed by atoms with van der Waals surface area (Å²) in [6.07, 6.45) is 9.28. The maximum Gasteiger partial charge on any atom is 0.331 e. The number of rotatable bonds is 9. The summed E-state index contributed by atoms with van der Waals surface area (Å²) in [6.45, 7) is 10.1. The molecule has 1 aromatic heterocycles. The van der Waals surface area contributed by atoms with Crippen molar-refractivity contribution < 1.29 is 53.0 Å².